The number of hydrogen-bond donors (Lipinski definition) is 1. The number of nitrogens with one attached hydrogen (secondary N) is 1. The zero-order chi connectivity index (χ0) is 18.7. The number of benzene rings is 1. The Labute approximate surface area is 157 Å². The predicted octanol–water partition coefficient (Wildman–Crippen LogP) is 1.91. The highest BCUT2D eigenvalue weighted by Crippen LogP contribution is 2.26. The molecule has 7 nitrogen and oxygen atoms in total. The van der Waals surface area contributed by atoms with Crippen molar-refractivity contribution in [1.82, 2.24) is 14.8 Å². The van der Waals surface area contributed by atoms with Gasteiger partial charge in [-0.05, 0) is 31.4 Å². The Bertz CT molecular complexity index is 881. The minimum absolute atomic E-state index is 0.0968. The Morgan fingerprint density at radius 1 is 1.35 bits per heavy atom. The average Bonchev–Trinajstić information content (AvgIpc) is 3.12. The van der Waals surface area contributed by atoms with E-state index in [9.17, 15) is 13.2 Å². The number of rotatable bonds is 6. The number of aromatic nitrogens is 3. The molecule has 1 saturated heterocycles. The first-order chi connectivity index (χ1) is 12.3. The van der Waals surface area contributed by atoms with E-state index < -0.39 is 9.84 Å². The Morgan fingerprint density at radius 3 is 2.73 bits per heavy atom. The van der Waals surface area contributed by atoms with Gasteiger partial charge in [0.25, 0.3) is 0 Å². The average molecular weight is 395 g/mol. The van der Waals surface area contributed by atoms with Crippen molar-refractivity contribution >= 4 is 33.2 Å². The van der Waals surface area contributed by atoms with Gasteiger partial charge in [0, 0.05) is 19.2 Å². The molecule has 0 spiro atoms. The number of carbonyl (C=O) groups is 1. The van der Waals surface area contributed by atoms with Crippen LogP contribution in [0.3, 0.4) is 0 Å². The maximum absolute atomic E-state index is 12.3. The molecule has 1 aliphatic heterocycles. The van der Waals surface area contributed by atoms with Crippen molar-refractivity contribution in [2.75, 3.05) is 16.8 Å². The molecule has 2 heterocycles. The van der Waals surface area contributed by atoms with Gasteiger partial charge in [-0.25, -0.2) is 8.42 Å². The van der Waals surface area contributed by atoms with Gasteiger partial charge in [-0.2, -0.15) is 0 Å². The van der Waals surface area contributed by atoms with E-state index in [0.717, 1.165) is 11.5 Å². The summed E-state index contributed by atoms with van der Waals surface area (Å²) in [7, 11) is -1.05. The van der Waals surface area contributed by atoms with E-state index in [2.05, 4.69) is 15.5 Å². The van der Waals surface area contributed by atoms with Crippen LogP contribution in [0.15, 0.2) is 35.5 Å². The Hall–Kier alpha value is -1.87. The summed E-state index contributed by atoms with van der Waals surface area (Å²) < 4.78 is 25.0. The van der Waals surface area contributed by atoms with Crippen LogP contribution in [0.1, 0.15) is 19.2 Å². The molecule has 0 saturated carbocycles. The first-order valence-electron chi connectivity index (χ1n) is 8.45. The number of amides is 1. The summed E-state index contributed by atoms with van der Waals surface area (Å²) in [6.45, 7) is 1.82. The Morgan fingerprint density at radius 2 is 2.08 bits per heavy atom. The lowest BCUT2D eigenvalue weighted by Crippen LogP contribution is -2.22. The molecular weight excluding hydrogens is 372 g/mol. The second kappa shape index (κ2) is 7.79. The van der Waals surface area contributed by atoms with Crippen LogP contribution in [0.2, 0.25) is 0 Å². The van der Waals surface area contributed by atoms with Gasteiger partial charge in [-0.15, -0.1) is 10.2 Å². The van der Waals surface area contributed by atoms with Gasteiger partial charge in [-0.1, -0.05) is 30.0 Å². The monoisotopic (exact) mass is 394 g/mol. The molecule has 0 unspecified atom stereocenters. The number of hydrogen-bond acceptors (Lipinski definition) is 6. The maximum Gasteiger partial charge on any atom is 0.237 e. The van der Waals surface area contributed by atoms with E-state index in [-0.39, 0.29) is 28.6 Å². The lowest BCUT2D eigenvalue weighted by molar-refractivity contribution is -0.115. The minimum atomic E-state index is -2.90. The quantitative estimate of drug-likeness (QED) is 0.752. The number of anilines is 1. The zero-order valence-corrected chi connectivity index (χ0v) is 16.4. The van der Waals surface area contributed by atoms with Crippen LogP contribution in [-0.4, -0.2) is 45.8 Å². The Kier molecular flexibility index (Phi) is 5.67. The van der Waals surface area contributed by atoms with Crippen LogP contribution in [-0.2, 0) is 28.1 Å². The Balaban J connectivity index is 1.60. The third-order valence-corrected chi connectivity index (χ3v) is 7.39. The molecule has 140 valence electrons. The van der Waals surface area contributed by atoms with E-state index >= 15 is 0 Å². The fourth-order valence-corrected chi connectivity index (χ4v) is 5.59. The molecule has 26 heavy (non-hydrogen) atoms. The summed E-state index contributed by atoms with van der Waals surface area (Å²) in [5.41, 5.74) is 0.756. The molecule has 3 rings (SSSR count). The molecule has 0 bridgehead atoms. The van der Waals surface area contributed by atoms with E-state index in [1.54, 1.807) is 0 Å². The van der Waals surface area contributed by atoms with Crippen molar-refractivity contribution in [2.24, 2.45) is 13.0 Å². The summed E-state index contributed by atoms with van der Waals surface area (Å²) >= 11 is 1.34. The van der Waals surface area contributed by atoms with E-state index in [0.29, 0.717) is 18.0 Å². The summed E-state index contributed by atoms with van der Waals surface area (Å²) in [5, 5.41) is 11.5. The number of thioether (sulfide) groups is 1. The molecule has 1 aromatic carbocycles. The van der Waals surface area contributed by atoms with E-state index in [4.69, 9.17) is 0 Å². The largest absolute Gasteiger partial charge is 0.325 e. The lowest BCUT2D eigenvalue weighted by Gasteiger charge is -2.12. The fraction of sp³-hybridized carbons (Fsp3) is 0.471. The molecule has 1 N–H and O–H groups in total. The van der Waals surface area contributed by atoms with Crippen molar-refractivity contribution in [1.29, 1.82) is 0 Å². The molecule has 1 aromatic heterocycles. The first-order valence-corrected chi connectivity index (χ1v) is 11.2. The lowest BCUT2D eigenvalue weighted by atomic mass is 10.1. The molecule has 2 aromatic rings. The van der Waals surface area contributed by atoms with Gasteiger partial charge in [0.2, 0.25) is 5.91 Å². The molecule has 1 amide bonds. The summed E-state index contributed by atoms with van der Waals surface area (Å²) in [4.78, 5) is 12.3. The highest BCUT2D eigenvalue weighted by Gasteiger charge is 2.29. The highest BCUT2D eigenvalue weighted by molar-refractivity contribution is 8.00. The highest BCUT2D eigenvalue weighted by atomic mass is 32.2. The second-order valence-electron chi connectivity index (χ2n) is 6.55. The van der Waals surface area contributed by atoms with Crippen LogP contribution < -0.4 is 5.32 Å². The standard InChI is InChI=1S/C17H22N4O3S2/c1-12(16(22)18-14-6-4-3-5-7-14)25-17-20-19-15(21(17)2)10-13-8-9-26(23,24)11-13/h3-7,12-13H,8-11H2,1-2H3,(H,18,22)/t12-,13-/m0/s1. The fourth-order valence-electron chi connectivity index (χ4n) is 2.89. The summed E-state index contributed by atoms with van der Waals surface area (Å²) in [5.74, 6) is 1.23. The van der Waals surface area contributed by atoms with Crippen molar-refractivity contribution in [3.05, 3.63) is 36.2 Å². The van der Waals surface area contributed by atoms with Crippen molar-refractivity contribution in [3.63, 3.8) is 0 Å². The second-order valence-corrected chi connectivity index (χ2v) is 10.1. The molecule has 9 heteroatoms. The smallest absolute Gasteiger partial charge is 0.237 e. The van der Waals surface area contributed by atoms with Crippen LogP contribution in [0.5, 0.6) is 0 Å². The third kappa shape index (κ3) is 4.64. The molecule has 0 radical (unpaired) electrons. The topological polar surface area (TPSA) is 93.9 Å². The summed E-state index contributed by atoms with van der Waals surface area (Å²) in [6.07, 6.45) is 1.27. The predicted molar refractivity (Wildman–Crippen MR) is 102 cm³/mol. The first kappa shape index (κ1) is 18.9. The minimum Gasteiger partial charge on any atom is -0.325 e. The number of nitrogens with zero attached hydrogens (tertiary/aromatic N) is 3. The number of para-hydroxylation sites is 1. The maximum atomic E-state index is 12.3. The zero-order valence-electron chi connectivity index (χ0n) is 14.8. The molecule has 1 fully saturated rings. The van der Waals surface area contributed by atoms with E-state index in [1.807, 2.05) is 48.9 Å². The van der Waals surface area contributed by atoms with Gasteiger partial charge in [-0.3, -0.25) is 4.79 Å². The van der Waals surface area contributed by atoms with Gasteiger partial charge in [0.05, 0.1) is 16.8 Å². The van der Waals surface area contributed by atoms with E-state index in [1.165, 1.54) is 11.8 Å². The molecular formula is C17H22N4O3S2. The van der Waals surface area contributed by atoms with Crippen molar-refractivity contribution in [2.45, 2.75) is 30.2 Å². The van der Waals surface area contributed by atoms with Gasteiger partial charge in [0.1, 0.15) is 5.82 Å². The normalized spacial score (nSPS) is 20.0. The molecule has 1 aliphatic rings. The van der Waals surface area contributed by atoms with Gasteiger partial charge >= 0.3 is 0 Å². The van der Waals surface area contributed by atoms with Crippen LogP contribution >= 0.6 is 11.8 Å². The van der Waals surface area contributed by atoms with Crippen LogP contribution in [0.25, 0.3) is 0 Å². The molecule has 0 aliphatic carbocycles. The van der Waals surface area contributed by atoms with Crippen molar-refractivity contribution < 1.29 is 13.2 Å². The van der Waals surface area contributed by atoms with Crippen LogP contribution in [0.4, 0.5) is 5.69 Å². The summed E-state index contributed by atoms with van der Waals surface area (Å²) in [6, 6.07) is 9.30. The third-order valence-electron chi connectivity index (χ3n) is 4.42. The van der Waals surface area contributed by atoms with Gasteiger partial charge in [0.15, 0.2) is 15.0 Å². The number of carbonyl (C=O) groups excluding carboxylic acids is 1. The van der Waals surface area contributed by atoms with Crippen LogP contribution in [0, 0.1) is 5.92 Å². The van der Waals surface area contributed by atoms with Crippen molar-refractivity contribution in [3.8, 4) is 0 Å². The molecule has 2 atom stereocenters. The van der Waals surface area contributed by atoms with Gasteiger partial charge < -0.3 is 9.88 Å². The SMILES string of the molecule is C[C@H](Sc1nnc(C[C@@H]2CCS(=O)(=O)C2)n1C)C(=O)Nc1ccccc1. The number of sulfone groups is 1.